The summed E-state index contributed by atoms with van der Waals surface area (Å²) in [5.74, 6) is 0.497. The molecule has 4 rings (SSSR count). The van der Waals surface area contributed by atoms with Crippen molar-refractivity contribution >= 4 is 11.8 Å². The van der Waals surface area contributed by atoms with Gasteiger partial charge in [-0.2, -0.15) is 0 Å². The van der Waals surface area contributed by atoms with Crippen LogP contribution in [0.4, 0.5) is 0 Å². The van der Waals surface area contributed by atoms with Gasteiger partial charge < -0.3 is 19.4 Å². The molecule has 1 saturated carbocycles. The molecular formula is C22H27N3O4. The van der Waals surface area contributed by atoms with E-state index in [4.69, 9.17) is 9.15 Å². The number of hydrogen-bond acceptors (Lipinski definition) is 5. The first-order valence-corrected chi connectivity index (χ1v) is 10.4. The zero-order valence-electron chi connectivity index (χ0n) is 16.5. The number of nitrogens with zero attached hydrogens (tertiary/aromatic N) is 2. The maximum Gasteiger partial charge on any atom is 0.289 e. The van der Waals surface area contributed by atoms with Gasteiger partial charge in [-0.1, -0.05) is 6.07 Å². The minimum Gasteiger partial charge on any atom is -0.474 e. The molecule has 154 valence electrons. The number of ether oxygens (including phenoxy) is 1. The third-order valence-corrected chi connectivity index (χ3v) is 5.69. The molecule has 1 aliphatic heterocycles. The van der Waals surface area contributed by atoms with Gasteiger partial charge in [0.05, 0.1) is 12.2 Å². The largest absolute Gasteiger partial charge is 0.474 e. The van der Waals surface area contributed by atoms with Crippen LogP contribution in [0.25, 0.3) is 0 Å². The number of carbonyl (C=O) groups is 2. The van der Waals surface area contributed by atoms with Crippen LogP contribution < -0.4 is 10.1 Å². The van der Waals surface area contributed by atoms with Crippen molar-refractivity contribution in [2.45, 2.75) is 51.2 Å². The lowest BCUT2D eigenvalue weighted by Gasteiger charge is -2.31. The van der Waals surface area contributed by atoms with Crippen molar-refractivity contribution < 1.29 is 18.7 Å². The Hall–Kier alpha value is -2.83. The van der Waals surface area contributed by atoms with Crippen molar-refractivity contribution in [3.05, 3.63) is 48.0 Å². The summed E-state index contributed by atoms with van der Waals surface area (Å²) in [7, 11) is 0. The van der Waals surface area contributed by atoms with E-state index in [1.807, 2.05) is 12.1 Å². The maximum atomic E-state index is 12.7. The van der Waals surface area contributed by atoms with Crippen LogP contribution in [0.15, 0.2) is 41.1 Å². The van der Waals surface area contributed by atoms with Crippen LogP contribution in [-0.2, 0) is 11.3 Å². The summed E-state index contributed by atoms with van der Waals surface area (Å²) in [6, 6.07) is 7.14. The molecule has 7 heteroatoms. The van der Waals surface area contributed by atoms with Gasteiger partial charge in [-0.15, -0.1) is 0 Å². The summed E-state index contributed by atoms with van der Waals surface area (Å²) in [6.45, 7) is 1.42. The standard InChI is InChI=1S/C22H27N3O4/c26-20(17-7-4-12-25(15-17)22(27)19-10-5-13-28-19)24-14-16-6-3-11-23-21(16)29-18-8-1-2-9-18/h3,5-6,10-11,13,17-18H,1-2,4,7-9,12,14-15H2,(H,24,26)/t17-/m1/s1. The van der Waals surface area contributed by atoms with E-state index in [0.29, 0.717) is 31.3 Å². The van der Waals surface area contributed by atoms with Crippen LogP contribution in [0.1, 0.15) is 54.6 Å². The van der Waals surface area contributed by atoms with E-state index >= 15 is 0 Å². The second-order valence-electron chi connectivity index (χ2n) is 7.78. The summed E-state index contributed by atoms with van der Waals surface area (Å²) in [6.07, 6.45) is 9.50. The number of hydrogen-bond donors (Lipinski definition) is 1. The summed E-state index contributed by atoms with van der Waals surface area (Å²) in [5.41, 5.74) is 0.882. The van der Waals surface area contributed by atoms with Crippen molar-refractivity contribution in [3.8, 4) is 5.88 Å². The number of carbonyl (C=O) groups excluding carboxylic acids is 2. The molecule has 0 bridgehead atoms. The second kappa shape index (κ2) is 9.11. The van der Waals surface area contributed by atoms with E-state index in [2.05, 4.69) is 10.3 Å². The van der Waals surface area contributed by atoms with Crippen LogP contribution in [0.5, 0.6) is 5.88 Å². The Morgan fingerprint density at radius 1 is 1.17 bits per heavy atom. The molecule has 3 heterocycles. The predicted molar refractivity (Wildman–Crippen MR) is 106 cm³/mol. The normalized spacial score (nSPS) is 19.9. The maximum absolute atomic E-state index is 12.7. The van der Waals surface area contributed by atoms with Crippen molar-refractivity contribution in [3.63, 3.8) is 0 Å². The first-order valence-electron chi connectivity index (χ1n) is 10.4. The Kier molecular flexibility index (Phi) is 6.12. The fourth-order valence-electron chi connectivity index (χ4n) is 4.09. The average Bonchev–Trinajstić information content (AvgIpc) is 3.47. The van der Waals surface area contributed by atoms with E-state index in [-0.39, 0.29) is 23.8 Å². The lowest BCUT2D eigenvalue weighted by Crippen LogP contribution is -2.45. The molecule has 0 spiro atoms. The number of rotatable bonds is 6. The van der Waals surface area contributed by atoms with Gasteiger partial charge in [-0.3, -0.25) is 9.59 Å². The average molecular weight is 397 g/mol. The van der Waals surface area contributed by atoms with Crippen molar-refractivity contribution in [1.29, 1.82) is 0 Å². The van der Waals surface area contributed by atoms with E-state index < -0.39 is 0 Å². The molecule has 2 aromatic heterocycles. The molecule has 29 heavy (non-hydrogen) atoms. The van der Waals surface area contributed by atoms with Crippen molar-refractivity contribution in [1.82, 2.24) is 15.2 Å². The van der Waals surface area contributed by atoms with E-state index in [1.165, 1.54) is 19.1 Å². The number of piperidine rings is 1. The highest BCUT2D eigenvalue weighted by molar-refractivity contribution is 5.92. The van der Waals surface area contributed by atoms with Gasteiger partial charge in [0.25, 0.3) is 5.91 Å². The van der Waals surface area contributed by atoms with Gasteiger partial charge in [0.2, 0.25) is 11.8 Å². The third-order valence-electron chi connectivity index (χ3n) is 5.69. The van der Waals surface area contributed by atoms with Crippen LogP contribution in [0, 0.1) is 5.92 Å². The number of aromatic nitrogens is 1. The van der Waals surface area contributed by atoms with Gasteiger partial charge in [-0.25, -0.2) is 4.98 Å². The number of pyridine rings is 1. The van der Waals surface area contributed by atoms with E-state index in [0.717, 1.165) is 31.2 Å². The monoisotopic (exact) mass is 397 g/mol. The van der Waals surface area contributed by atoms with Crippen LogP contribution in [0.3, 0.4) is 0 Å². The molecule has 1 N–H and O–H groups in total. The third kappa shape index (κ3) is 4.78. The topological polar surface area (TPSA) is 84.7 Å². The fraction of sp³-hybridized carbons (Fsp3) is 0.500. The zero-order valence-corrected chi connectivity index (χ0v) is 16.5. The fourth-order valence-corrected chi connectivity index (χ4v) is 4.09. The van der Waals surface area contributed by atoms with Crippen LogP contribution >= 0.6 is 0 Å². The van der Waals surface area contributed by atoms with Gasteiger partial charge in [-0.05, 0) is 56.7 Å². The van der Waals surface area contributed by atoms with Crippen molar-refractivity contribution in [2.24, 2.45) is 5.92 Å². The predicted octanol–water partition coefficient (Wildman–Crippen LogP) is 3.16. The molecule has 2 aliphatic rings. The smallest absolute Gasteiger partial charge is 0.289 e. The first kappa shape index (κ1) is 19.5. The SMILES string of the molecule is O=C(NCc1cccnc1OC1CCCC1)[C@@H]1CCCN(C(=O)c2ccco2)C1. The van der Waals surface area contributed by atoms with Crippen LogP contribution in [0.2, 0.25) is 0 Å². The number of likely N-dealkylation sites (tertiary alicyclic amines) is 1. The lowest BCUT2D eigenvalue weighted by molar-refractivity contribution is -0.126. The number of furan rings is 1. The first-order chi connectivity index (χ1) is 14.2. The summed E-state index contributed by atoms with van der Waals surface area (Å²) in [4.78, 5) is 31.3. The quantitative estimate of drug-likeness (QED) is 0.809. The lowest BCUT2D eigenvalue weighted by atomic mass is 9.97. The highest BCUT2D eigenvalue weighted by Crippen LogP contribution is 2.25. The molecule has 1 aliphatic carbocycles. The summed E-state index contributed by atoms with van der Waals surface area (Å²) < 4.78 is 11.3. The Morgan fingerprint density at radius 2 is 2.03 bits per heavy atom. The van der Waals surface area contributed by atoms with Crippen LogP contribution in [-0.4, -0.2) is 40.9 Å². The Morgan fingerprint density at radius 3 is 2.83 bits per heavy atom. The van der Waals surface area contributed by atoms with Gasteiger partial charge in [0, 0.05) is 31.4 Å². The second-order valence-corrected chi connectivity index (χ2v) is 7.78. The molecule has 0 radical (unpaired) electrons. The molecule has 1 atom stereocenters. The minimum atomic E-state index is -0.224. The van der Waals surface area contributed by atoms with Gasteiger partial charge in [0.1, 0.15) is 6.10 Å². The molecule has 1 saturated heterocycles. The minimum absolute atomic E-state index is 0.0439. The number of amides is 2. The summed E-state index contributed by atoms with van der Waals surface area (Å²) >= 11 is 0. The molecule has 7 nitrogen and oxygen atoms in total. The Labute approximate surface area is 170 Å². The van der Waals surface area contributed by atoms with Crippen molar-refractivity contribution in [2.75, 3.05) is 13.1 Å². The zero-order chi connectivity index (χ0) is 20.1. The molecule has 2 amide bonds. The highest BCUT2D eigenvalue weighted by Gasteiger charge is 2.30. The van der Waals surface area contributed by atoms with Gasteiger partial charge in [0.15, 0.2) is 5.76 Å². The molecular weight excluding hydrogens is 370 g/mol. The molecule has 2 aromatic rings. The number of nitrogens with one attached hydrogen (secondary N) is 1. The summed E-state index contributed by atoms with van der Waals surface area (Å²) in [5, 5.41) is 3.01. The molecule has 0 aromatic carbocycles. The van der Waals surface area contributed by atoms with E-state index in [1.54, 1.807) is 23.2 Å². The highest BCUT2D eigenvalue weighted by atomic mass is 16.5. The Balaban J connectivity index is 1.33. The molecule has 0 unspecified atom stereocenters. The Bertz CT molecular complexity index is 830. The van der Waals surface area contributed by atoms with E-state index in [9.17, 15) is 9.59 Å². The van der Waals surface area contributed by atoms with Gasteiger partial charge >= 0.3 is 0 Å². The molecule has 2 fully saturated rings.